The Morgan fingerprint density at radius 1 is 0.974 bits per heavy atom. The Morgan fingerprint density at radius 2 is 1.64 bits per heavy atom. The smallest absolute Gasteiger partial charge is 0.264 e. The first kappa shape index (κ1) is 30.6. The molecular weight excluding hydrogens is 585 g/mol. The number of nitrogens with zero attached hydrogens (tertiary/aromatic N) is 2. The number of hydrogen-bond acceptors (Lipinski definition) is 5. The van der Waals surface area contributed by atoms with Crippen molar-refractivity contribution in [3.8, 4) is 5.75 Å². The molecule has 2 amide bonds. The highest BCUT2D eigenvalue weighted by Gasteiger charge is 2.33. The van der Waals surface area contributed by atoms with Crippen molar-refractivity contribution in [1.29, 1.82) is 0 Å². The number of aryl methyl sites for hydroxylation is 1. The standard InChI is InChI=1S/C27H28Cl3N3O5S/c1-17-5-9-21(10-6-17)39(36,37)33(24-14-20(28)8-12-25(24)38-4)16-26(34)32(18(2)27(35)31-3)15-19-7-11-22(29)23(30)13-19/h5-14,18H,15-16H2,1-4H3,(H,31,35). The Hall–Kier alpha value is -2.98. The third-order valence-electron chi connectivity index (χ3n) is 6.05. The van der Waals surface area contributed by atoms with Crippen LogP contribution < -0.4 is 14.4 Å². The van der Waals surface area contributed by atoms with Crippen LogP contribution in [-0.2, 0) is 26.2 Å². The van der Waals surface area contributed by atoms with Crippen LogP contribution >= 0.6 is 34.8 Å². The van der Waals surface area contributed by atoms with Crippen LogP contribution in [0.15, 0.2) is 65.6 Å². The molecule has 8 nitrogen and oxygen atoms in total. The predicted molar refractivity (Wildman–Crippen MR) is 154 cm³/mol. The zero-order chi connectivity index (χ0) is 28.9. The minimum Gasteiger partial charge on any atom is -0.495 e. The molecule has 0 saturated heterocycles. The summed E-state index contributed by atoms with van der Waals surface area (Å²) in [5.74, 6) is -0.884. The summed E-state index contributed by atoms with van der Waals surface area (Å²) < 4.78 is 34.2. The van der Waals surface area contributed by atoms with Crippen LogP contribution in [0.1, 0.15) is 18.1 Å². The minimum atomic E-state index is -4.28. The zero-order valence-corrected chi connectivity index (χ0v) is 24.8. The number of ether oxygens (including phenoxy) is 1. The molecular formula is C27H28Cl3N3O5S. The summed E-state index contributed by atoms with van der Waals surface area (Å²) in [6.45, 7) is 2.71. The average molecular weight is 613 g/mol. The van der Waals surface area contributed by atoms with E-state index < -0.39 is 34.4 Å². The molecule has 39 heavy (non-hydrogen) atoms. The topological polar surface area (TPSA) is 96.0 Å². The molecule has 1 N–H and O–H groups in total. The number of nitrogens with one attached hydrogen (secondary N) is 1. The molecule has 0 aliphatic rings. The molecule has 3 aromatic carbocycles. The molecule has 0 aromatic heterocycles. The number of carbonyl (C=O) groups excluding carboxylic acids is 2. The third-order valence-corrected chi connectivity index (χ3v) is 8.80. The second-order valence-electron chi connectivity index (χ2n) is 8.70. The lowest BCUT2D eigenvalue weighted by Gasteiger charge is -2.32. The first-order valence-corrected chi connectivity index (χ1v) is 14.3. The van der Waals surface area contributed by atoms with Gasteiger partial charge in [0.15, 0.2) is 0 Å². The van der Waals surface area contributed by atoms with Gasteiger partial charge in [-0.2, -0.15) is 0 Å². The molecule has 0 fully saturated rings. The molecule has 0 saturated carbocycles. The van der Waals surface area contributed by atoms with Gasteiger partial charge in [0.25, 0.3) is 10.0 Å². The van der Waals surface area contributed by atoms with E-state index in [1.165, 1.54) is 43.3 Å². The van der Waals surface area contributed by atoms with E-state index in [1.54, 1.807) is 43.3 Å². The fourth-order valence-electron chi connectivity index (χ4n) is 3.84. The summed E-state index contributed by atoms with van der Waals surface area (Å²) in [6.07, 6.45) is 0. The Labute approximate surface area is 243 Å². The van der Waals surface area contributed by atoms with E-state index in [2.05, 4.69) is 5.32 Å². The Balaban J connectivity index is 2.11. The molecule has 3 aromatic rings. The van der Waals surface area contributed by atoms with Crippen molar-refractivity contribution < 1.29 is 22.7 Å². The Bertz CT molecular complexity index is 1470. The van der Waals surface area contributed by atoms with E-state index in [0.29, 0.717) is 10.6 Å². The van der Waals surface area contributed by atoms with Crippen molar-refractivity contribution in [2.24, 2.45) is 0 Å². The molecule has 208 valence electrons. The minimum absolute atomic E-state index is 0.0293. The maximum absolute atomic E-state index is 13.9. The summed E-state index contributed by atoms with van der Waals surface area (Å²) >= 11 is 18.4. The van der Waals surface area contributed by atoms with Crippen LogP contribution in [-0.4, -0.2) is 51.9 Å². The van der Waals surface area contributed by atoms with Crippen molar-refractivity contribution in [3.63, 3.8) is 0 Å². The number of anilines is 1. The molecule has 1 unspecified atom stereocenters. The number of halogens is 3. The monoisotopic (exact) mass is 611 g/mol. The van der Waals surface area contributed by atoms with E-state index in [0.717, 1.165) is 9.87 Å². The van der Waals surface area contributed by atoms with Crippen LogP contribution in [0.5, 0.6) is 5.75 Å². The molecule has 3 rings (SSSR count). The lowest BCUT2D eigenvalue weighted by Crippen LogP contribution is -2.50. The average Bonchev–Trinajstić information content (AvgIpc) is 2.91. The maximum atomic E-state index is 13.9. The van der Waals surface area contributed by atoms with Gasteiger partial charge in [-0.15, -0.1) is 0 Å². The van der Waals surface area contributed by atoms with E-state index in [9.17, 15) is 18.0 Å². The van der Waals surface area contributed by atoms with Gasteiger partial charge in [0.05, 0.1) is 27.7 Å². The summed E-state index contributed by atoms with van der Waals surface area (Å²) in [4.78, 5) is 27.7. The number of carbonyl (C=O) groups is 2. The van der Waals surface area contributed by atoms with Crippen molar-refractivity contribution >= 4 is 62.3 Å². The van der Waals surface area contributed by atoms with E-state index in [1.807, 2.05) is 6.92 Å². The van der Waals surface area contributed by atoms with Gasteiger partial charge in [0.1, 0.15) is 18.3 Å². The highest BCUT2D eigenvalue weighted by molar-refractivity contribution is 7.92. The number of methoxy groups -OCH3 is 1. The normalized spacial score (nSPS) is 12.0. The van der Waals surface area contributed by atoms with Gasteiger partial charge in [-0.1, -0.05) is 58.6 Å². The predicted octanol–water partition coefficient (Wildman–Crippen LogP) is 5.32. The highest BCUT2D eigenvalue weighted by atomic mass is 35.5. The van der Waals surface area contributed by atoms with Crippen LogP contribution in [0.3, 0.4) is 0 Å². The van der Waals surface area contributed by atoms with Gasteiger partial charge in [-0.25, -0.2) is 8.42 Å². The zero-order valence-electron chi connectivity index (χ0n) is 21.7. The largest absolute Gasteiger partial charge is 0.495 e. The first-order chi connectivity index (χ1) is 18.4. The van der Waals surface area contributed by atoms with Crippen molar-refractivity contribution in [2.45, 2.75) is 31.3 Å². The number of likely N-dealkylation sites (N-methyl/N-ethyl adjacent to an activating group) is 1. The highest BCUT2D eigenvalue weighted by Crippen LogP contribution is 2.35. The number of benzene rings is 3. The van der Waals surface area contributed by atoms with Crippen molar-refractivity contribution in [3.05, 3.63) is 86.9 Å². The lowest BCUT2D eigenvalue weighted by atomic mass is 10.1. The third kappa shape index (κ3) is 7.16. The van der Waals surface area contributed by atoms with Crippen LogP contribution in [0.25, 0.3) is 0 Å². The fraction of sp³-hybridized carbons (Fsp3) is 0.259. The lowest BCUT2D eigenvalue weighted by molar-refractivity contribution is -0.139. The maximum Gasteiger partial charge on any atom is 0.264 e. The second kappa shape index (κ2) is 12.9. The molecule has 0 spiro atoms. The number of hydrogen-bond donors (Lipinski definition) is 1. The molecule has 0 heterocycles. The summed E-state index contributed by atoms with van der Waals surface area (Å²) in [5.41, 5.74) is 1.53. The van der Waals surface area contributed by atoms with Crippen LogP contribution in [0.4, 0.5) is 5.69 Å². The summed E-state index contributed by atoms with van der Waals surface area (Å²) in [6, 6.07) is 14.6. The van der Waals surface area contributed by atoms with Gasteiger partial charge in [0.2, 0.25) is 11.8 Å². The Morgan fingerprint density at radius 3 is 2.23 bits per heavy atom. The van der Waals surface area contributed by atoms with Gasteiger partial charge in [-0.3, -0.25) is 13.9 Å². The summed E-state index contributed by atoms with van der Waals surface area (Å²) in [7, 11) is -1.44. The van der Waals surface area contributed by atoms with Crippen molar-refractivity contribution in [2.75, 3.05) is 25.0 Å². The van der Waals surface area contributed by atoms with Crippen molar-refractivity contribution in [1.82, 2.24) is 10.2 Å². The van der Waals surface area contributed by atoms with Gasteiger partial charge < -0.3 is 15.0 Å². The molecule has 0 radical (unpaired) electrons. The van der Waals surface area contributed by atoms with E-state index in [-0.39, 0.29) is 32.9 Å². The van der Waals surface area contributed by atoms with Crippen LogP contribution in [0.2, 0.25) is 15.1 Å². The fourth-order valence-corrected chi connectivity index (χ4v) is 5.74. The Kier molecular flexibility index (Phi) is 10.1. The van der Waals surface area contributed by atoms with Gasteiger partial charge in [-0.05, 0) is 61.9 Å². The van der Waals surface area contributed by atoms with Gasteiger partial charge >= 0.3 is 0 Å². The van der Waals surface area contributed by atoms with E-state index in [4.69, 9.17) is 39.5 Å². The number of rotatable bonds is 10. The quantitative estimate of drug-likeness (QED) is 0.334. The molecule has 0 bridgehead atoms. The second-order valence-corrected chi connectivity index (χ2v) is 11.8. The molecule has 0 aliphatic heterocycles. The van der Waals surface area contributed by atoms with E-state index >= 15 is 0 Å². The number of amides is 2. The first-order valence-electron chi connectivity index (χ1n) is 11.8. The molecule has 12 heteroatoms. The SMILES string of the molecule is CNC(=O)C(C)N(Cc1ccc(Cl)c(Cl)c1)C(=O)CN(c1cc(Cl)ccc1OC)S(=O)(=O)c1ccc(C)cc1. The molecule has 1 atom stereocenters. The molecule has 0 aliphatic carbocycles. The van der Waals surface area contributed by atoms with Gasteiger partial charge in [0, 0.05) is 18.6 Å². The summed E-state index contributed by atoms with van der Waals surface area (Å²) in [5, 5.41) is 3.39. The van der Waals surface area contributed by atoms with Crippen LogP contribution in [0, 0.1) is 6.92 Å². The number of sulfonamides is 1.